The lowest BCUT2D eigenvalue weighted by molar-refractivity contribution is 0.0774. The van der Waals surface area contributed by atoms with Crippen molar-refractivity contribution in [1.29, 1.82) is 0 Å². The number of anilines is 1. The zero-order chi connectivity index (χ0) is 13.0. The highest BCUT2D eigenvalue weighted by atomic mass is 32.2. The molecule has 5 nitrogen and oxygen atoms in total. The summed E-state index contributed by atoms with van der Waals surface area (Å²) in [5.74, 6) is -0.0871. The van der Waals surface area contributed by atoms with Gasteiger partial charge in [0.25, 0.3) is 0 Å². The van der Waals surface area contributed by atoms with Gasteiger partial charge in [0.15, 0.2) is 0 Å². The molecule has 0 amide bonds. The third kappa shape index (κ3) is 3.69. The van der Waals surface area contributed by atoms with Gasteiger partial charge in [-0.05, 0) is 24.5 Å². The molecular weight excluding hydrogens is 252 g/mol. The molecule has 2 rings (SSSR count). The van der Waals surface area contributed by atoms with Crippen LogP contribution in [-0.2, 0) is 20.5 Å². The highest BCUT2D eigenvalue weighted by molar-refractivity contribution is 7.88. The number of nitrogen functional groups attached to an aromatic ring is 1. The van der Waals surface area contributed by atoms with Crippen molar-refractivity contribution in [3.05, 3.63) is 29.8 Å². The average molecular weight is 270 g/mol. The Hall–Kier alpha value is -1.11. The van der Waals surface area contributed by atoms with Gasteiger partial charge in [0, 0.05) is 18.3 Å². The number of rotatable bonds is 4. The second-order valence-electron chi connectivity index (χ2n) is 4.49. The summed E-state index contributed by atoms with van der Waals surface area (Å²) in [4.78, 5) is 0. The topological polar surface area (TPSA) is 81.4 Å². The average Bonchev–Trinajstić information content (AvgIpc) is 2.32. The number of hydrogen-bond acceptors (Lipinski definition) is 4. The van der Waals surface area contributed by atoms with Gasteiger partial charge in [0.05, 0.1) is 12.4 Å². The van der Waals surface area contributed by atoms with Crippen LogP contribution in [0, 0.1) is 0 Å². The van der Waals surface area contributed by atoms with Gasteiger partial charge >= 0.3 is 0 Å². The van der Waals surface area contributed by atoms with Crippen LogP contribution in [0.5, 0.6) is 0 Å². The highest BCUT2D eigenvalue weighted by Crippen LogP contribution is 2.15. The summed E-state index contributed by atoms with van der Waals surface area (Å²) in [6.07, 6.45) is 1.71. The lowest BCUT2D eigenvalue weighted by Crippen LogP contribution is -2.41. The van der Waals surface area contributed by atoms with Crippen molar-refractivity contribution < 1.29 is 13.2 Å². The van der Waals surface area contributed by atoms with Crippen molar-refractivity contribution in [2.45, 2.75) is 24.6 Å². The Balaban J connectivity index is 2.01. The summed E-state index contributed by atoms with van der Waals surface area (Å²) in [7, 11) is -3.37. The largest absolute Gasteiger partial charge is 0.398 e. The molecule has 1 atom stereocenters. The van der Waals surface area contributed by atoms with Gasteiger partial charge in [-0.15, -0.1) is 0 Å². The van der Waals surface area contributed by atoms with Crippen molar-refractivity contribution >= 4 is 15.7 Å². The Labute approximate surface area is 107 Å². The second kappa shape index (κ2) is 5.69. The molecule has 1 fully saturated rings. The standard InChI is InChI=1S/C12H18N2O3S/c13-12-6-2-1-4-10(12)9-18(15,16)14-11-5-3-7-17-8-11/h1-2,4,6,11,14H,3,5,7-9,13H2. The molecule has 0 aromatic heterocycles. The maximum atomic E-state index is 12.0. The minimum Gasteiger partial charge on any atom is -0.398 e. The number of nitrogens with one attached hydrogen (secondary N) is 1. The lowest BCUT2D eigenvalue weighted by atomic mass is 10.1. The summed E-state index contributed by atoms with van der Waals surface area (Å²) in [5, 5.41) is 0. The van der Waals surface area contributed by atoms with Gasteiger partial charge in [-0.2, -0.15) is 0 Å². The van der Waals surface area contributed by atoms with Crippen molar-refractivity contribution in [1.82, 2.24) is 4.72 Å². The van der Waals surface area contributed by atoms with Gasteiger partial charge in [0.1, 0.15) is 0 Å². The molecule has 1 aromatic rings. The summed E-state index contributed by atoms with van der Waals surface area (Å²) in [6, 6.07) is 6.88. The molecule has 100 valence electrons. The summed E-state index contributed by atoms with van der Waals surface area (Å²) >= 11 is 0. The molecule has 0 bridgehead atoms. The van der Waals surface area contributed by atoms with Crippen LogP contribution in [0.3, 0.4) is 0 Å². The fourth-order valence-electron chi connectivity index (χ4n) is 2.00. The summed E-state index contributed by atoms with van der Waals surface area (Å²) in [6.45, 7) is 1.16. The Kier molecular flexibility index (Phi) is 4.21. The van der Waals surface area contributed by atoms with Gasteiger partial charge in [-0.3, -0.25) is 0 Å². The molecular formula is C12H18N2O3S. The summed E-state index contributed by atoms with van der Waals surface area (Å²) in [5.41, 5.74) is 6.87. The smallest absolute Gasteiger partial charge is 0.216 e. The minimum absolute atomic E-state index is 0.0871. The maximum absolute atomic E-state index is 12.0. The van der Waals surface area contributed by atoms with Crippen molar-refractivity contribution in [2.75, 3.05) is 18.9 Å². The molecule has 6 heteroatoms. The zero-order valence-electron chi connectivity index (χ0n) is 10.1. The Morgan fingerprint density at radius 1 is 1.39 bits per heavy atom. The maximum Gasteiger partial charge on any atom is 0.216 e. The van der Waals surface area contributed by atoms with Gasteiger partial charge in [0.2, 0.25) is 10.0 Å². The number of hydrogen-bond donors (Lipinski definition) is 2. The fraction of sp³-hybridized carbons (Fsp3) is 0.500. The normalized spacial score (nSPS) is 20.8. The first-order chi connectivity index (χ1) is 8.57. The van der Waals surface area contributed by atoms with E-state index in [0.717, 1.165) is 12.8 Å². The zero-order valence-corrected chi connectivity index (χ0v) is 10.9. The first-order valence-corrected chi connectivity index (χ1v) is 7.63. The van der Waals surface area contributed by atoms with Gasteiger partial charge in [-0.25, -0.2) is 13.1 Å². The van der Waals surface area contributed by atoms with Crippen molar-refractivity contribution in [3.63, 3.8) is 0 Å². The number of para-hydroxylation sites is 1. The highest BCUT2D eigenvalue weighted by Gasteiger charge is 2.21. The van der Waals surface area contributed by atoms with E-state index in [-0.39, 0.29) is 11.8 Å². The predicted molar refractivity (Wildman–Crippen MR) is 70.5 cm³/mol. The predicted octanol–water partition coefficient (Wildman–Crippen LogP) is 0.867. The van der Waals surface area contributed by atoms with Crippen LogP contribution in [0.2, 0.25) is 0 Å². The molecule has 1 saturated heterocycles. The van der Waals surface area contributed by atoms with E-state index >= 15 is 0 Å². The Bertz CT molecular complexity index is 496. The van der Waals surface area contributed by atoms with E-state index in [4.69, 9.17) is 10.5 Å². The SMILES string of the molecule is Nc1ccccc1CS(=O)(=O)NC1CCCOC1. The number of nitrogens with two attached hydrogens (primary N) is 1. The molecule has 0 spiro atoms. The van der Waals surface area contributed by atoms with Crippen LogP contribution in [0.15, 0.2) is 24.3 Å². The molecule has 1 aliphatic heterocycles. The van der Waals surface area contributed by atoms with Crippen LogP contribution in [0.1, 0.15) is 18.4 Å². The van der Waals surface area contributed by atoms with E-state index in [9.17, 15) is 8.42 Å². The third-order valence-electron chi connectivity index (χ3n) is 2.91. The third-order valence-corrected chi connectivity index (χ3v) is 4.29. The molecule has 3 N–H and O–H groups in total. The second-order valence-corrected chi connectivity index (χ2v) is 6.24. The van der Waals surface area contributed by atoms with Gasteiger partial charge in [-0.1, -0.05) is 18.2 Å². The fourth-order valence-corrected chi connectivity index (χ4v) is 3.45. The van der Waals surface area contributed by atoms with Crippen molar-refractivity contribution in [2.24, 2.45) is 0 Å². The van der Waals surface area contributed by atoms with E-state index in [1.807, 2.05) is 0 Å². The van der Waals surface area contributed by atoms with Gasteiger partial charge < -0.3 is 10.5 Å². The van der Waals surface area contributed by atoms with Crippen LogP contribution in [0.25, 0.3) is 0 Å². The molecule has 0 radical (unpaired) electrons. The molecule has 18 heavy (non-hydrogen) atoms. The molecule has 0 saturated carbocycles. The Morgan fingerprint density at radius 3 is 2.83 bits per heavy atom. The summed E-state index contributed by atoms with van der Waals surface area (Å²) < 4.78 is 31.9. The first-order valence-electron chi connectivity index (χ1n) is 5.98. The lowest BCUT2D eigenvalue weighted by Gasteiger charge is -2.23. The minimum atomic E-state index is -3.37. The van der Waals surface area contributed by atoms with E-state index in [1.54, 1.807) is 24.3 Å². The van der Waals surface area contributed by atoms with E-state index in [1.165, 1.54) is 0 Å². The monoisotopic (exact) mass is 270 g/mol. The van der Waals surface area contributed by atoms with E-state index in [0.29, 0.717) is 24.5 Å². The Morgan fingerprint density at radius 2 is 2.17 bits per heavy atom. The quantitative estimate of drug-likeness (QED) is 0.795. The van der Waals surface area contributed by atoms with E-state index in [2.05, 4.69) is 4.72 Å². The van der Waals surface area contributed by atoms with Crippen LogP contribution in [0.4, 0.5) is 5.69 Å². The molecule has 1 heterocycles. The van der Waals surface area contributed by atoms with Crippen molar-refractivity contribution in [3.8, 4) is 0 Å². The number of ether oxygens (including phenoxy) is 1. The molecule has 1 unspecified atom stereocenters. The number of benzene rings is 1. The first kappa shape index (κ1) is 13.3. The molecule has 1 aromatic carbocycles. The number of sulfonamides is 1. The van der Waals surface area contributed by atoms with Crippen LogP contribution >= 0.6 is 0 Å². The molecule has 0 aliphatic carbocycles. The molecule has 1 aliphatic rings. The van der Waals surface area contributed by atoms with Crippen LogP contribution < -0.4 is 10.5 Å². The van der Waals surface area contributed by atoms with E-state index < -0.39 is 10.0 Å². The van der Waals surface area contributed by atoms with Crippen LogP contribution in [-0.4, -0.2) is 27.7 Å².